The Kier molecular flexibility index (Phi) is 4.40. The zero-order valence-electron chi connectivity index (χ0n) is 12.9. The number of anilines is 1. The van der Waals surface area contributed by atoms with E-state index in [1.165, 1.54) is 0 Å². The smallest absolute Gasteiger partial charge is 0.237 e. The Balaban J connectivity index is 1.56. The highest BCUT2D eigenvalue weighted by Crippen LogP contribution is 2.19. The Hall–Kier alpha value is -2.64. The molecule has 7 heteroatoms. The third-order valence-corrected chi connectivity index (χ3v) is 4.34. The van der Waals surface area contributed by atoms with Crippen molar-refractivity contribution >= 4 is 11.7 Å². The molecule has 0 spiro atoms. The van der Waals surface area contributed by atoms with Crippen molar-refractivity contribution in [3.8, 4) is 12.1 Å². The molecule has 7 nitrogen and oxygen atoms in total. The molecule has 0 N–H and O–H groups in total. The predicted molar refractivity (Wildman–Crippen MR) is 83.1 cm³/mol. The quantitative estimate of drug-likeness (QED) is 0.810. The lowest BCUT2D eigenvalue weighted by molar-refractivity contribution is -0.132. The van der Waals surface area contributed by atoms with Crippen LogP contribution in [0.5, 0.6) is 0 Å². The van der Waals surface area contributed by atoms with Crippen molar-refractivity contribution in [2.24, 2.45) is 0 Å². The number of hydrogen-bond donors (Lipinski definition) is 0. The van der Waals surface area contributed by atoms with Crippen molar-refractivity contribution in [2.45, 2.75) is 18.9 Å². The molecule has 0 bridgehead atoms. The fourth-order valence-electron chi connectivity index (χ4n) is 3.08. The van der Waals surface area contributed by atoms with Crippen LogP contribution in [0.15, 0.2) is 18.3 Å². The molecule has 118 valence electrons. The summed E-state index contributed by atoms with van der Waals surface area (Å²) in [4.78, 5) is 22.5. The Morgan fingerprint density at radius 3 is 2.87 bits per heavy atom. The van der Waals surface area contributed by atoms with E-state index in [0.29, 0.717) is 25.3 Å². The molecule has 0 saturated carbocycles. The topological polar surface area (TPSA) is 87.3 Å². The molecule has 1 aromatic rings. The Morgan fingerprint density at radius 1 is 1.30 bits per heavy atom. The molecule has 0 aliphatic carbocycles. The number of hydrogen-bond acceptors (Lipinski definition) is 6. The third kappa shape index (κ3) is 3.25. The highest BCUT2D eigenvalue weighted by molar-refractivity contribution is 5.79. The number of aromatic nitrogens is 1. The minimum absolute atomic E-state index is 0.0312. The minimum atomic E-state index is -0.263. The Morgan fingerprint density at radius 2 is 2.17 bits per heavy atom. The average Bonchev–Trinajstić information content (AvgIpc) is 3.23. The van der Waals surface area contributed by atoms with Crippen molar-refractivity contribution in [1.29, 1.82) is 10.5 Å². The Labute approximate surface area is 135 Å². The lowest BCUT2D eigenvalue weighted by Crippen LogP contribution is -2.42. The van der Waals surface area contributed by atoms with E-state index in [9.17, 15) is 4.79 Å². The third-order valence-electron chi connectivity index (χ3n) is 4.34. The van der Waals surface area contributed by atoms with Crippen LogP contribution in [-0.4, -0.2) is 59.6 Å². The summed E-state index contributed by atoms with van der Waals surface area (Å²) in [5.41, 5.74) is 0.538. The van der Waals surface area contributed by atoms with Crippen LogP contribution < -0.4 is 4.90 Å². The molecule has 23 heavy (non-hydrogen) atoms. The van der Waals surface area contributed by atoms with Gasteiger partial charge in [0.05, 0.1) is 24.8 Å². The van der Waals surface area contributed by atoms with E-state index in [0.717, 1.165) is 31.7 Å². The maximum absolute atomic E-state index is 12.4. The van der Waals surface area contributed by atoms with Crippen LogP contribution in [-0.2, 0) is 4.79 Å². The van der Waals surface area contributed by atoms with Crippen LogP contribution in [0.1, 0.15) is 18.4 Å². The molecule has 2 aliphatic heterocycles. The number of amides is 1. The second kappa shape index (κ2) is 6.64. The highest BCUT2D eigenvalue weighted by atomic mass is 16.2. The number of likely N-dealkylation sites (tertiary alicyclic amines) is 1. The van der Waals surface area contributed by atoms with Crippen molar-refractivity contribution < 1.29 is 4.79 Å². The van der Waals surface area contributed by atoms with Crippen LogP contribution in [0.4, 0.5) is 5.82 Å². The maximum Gasteiger partial charge on any atom is 0.237 e. The molecule has 0 aromatic carbocycles. The van der Waals surface area contributed by atoms with Gasteiger partial charge in [0.25, 0.3) is 0 Å². The molecule has 1 atom stereocenters. The summed E-state index contributed by atoms with van der Waals surface area (Å²) in [6.07, 6.45) is 3.25. The van der Waals surface area contributed by atoms with Crippen LogP contribution in [0.25, 0.3) is 0 Å². The predicted octanol–water partition coefficient (Wildman–Crippen LogP) is 0.547. The van der Waals surface area contributed by atoms with Crippen LogP contribution in [0.2, 0.25) is 0 Å². The van der Waals surface area contributed by atoms with Crippen molar-refractivity contribution in [2.75, 3.05) is 37.7 Å². The van der Waals surface area contributed by atoms with Gasteiger partial charge in [0.2, 0.25) is 5.91 Å². The number of carbonyl (C=O) groups is 1. The van der Waals surface area contributed by atoms with Crippen molar-refractivity contribution in [3.63, 3.8) is 0 Å². The van der Waals surface area contributed by atoms with E-state index in [2.05, 4.69) is 26.9 Å². The average molecular weight is 310 g/mol. The van der Waals surface area contributed by atoms with Crippen molar-refractivity contribution in [1.82, 2.24) is 14.8 Å². The molecule has 0 radical (unpaired) electrons. The molecule has 2 fully saturated rings. The summed E-state index contributed by atoms with van der Waals surface area (Å²) < 4.78 is 0. The molecule has 2 saturated heterocycles. The van der Waals surface area contributed by atoms with Gasteiger partial charge in [-0.2, -0.15) is 10.5 Å². The molecular formula is C16H18N6O. The number of nitriles is 2. The molecule has 3 heterocycles. The monoisotopic (exact) mass is 310 g/mol. The van der Waals surface area contributed by atoms with E-state index >= 15 is 0 Å². The largest absolute Gasteiger partial charge is 0.342 e. The summed E-state index contributed by atoms with van der Waals surface area (Å²) >= 11 is 0. The van der Waals surface area contributed by atoms with Gasteiger partial charge in [0, 0.05) is 25.8 Å². The van der Waals surface area contributed by atoms with Gasteiger partial charge in [-0.3, -0.25) is 9.69 Å². The minimum Gasteiger partial charge on any atom is -0.342 e. The zero-order chi connectivity index (χ0) is 16.2. The van der Waals surface area contributed by atoms with Gasteiger partial charge in [-0.15, -0.1) is 0 Å². The van der Waals surface area contributed by atoms with Gasteiger partial charge < -0.3 is 9.80 Å². The first-order chi connectivity index (χ1) is 11.2. The van der Waals surface area contributed by atoms with Gasteiger partial charge >= 0.3 is 0 Å². The summed E-state index contributed by atoms with van der Waals surface area (Å²) in [6, 6.07) is 7.57. The van der Waals surface area contributed by atoms with Crippen molar-refractivity contribution in [3.05, 3.63) is 23.9 Å². The molecule has 1 amide bonds. The van der Waals surface area contributed by atoms with Gasteiger partial charge in [-0.25, -0.2) is 4.98 Å². The van der Waals surface area contributed by atoms with Crippen LogP contribution in [0, 0.1) is 22.7 Å². The molecule has 0 unspecified atom stereocenters. The molecule has 2 aliphatic rings. The molecular weight excluding hydrogens is 292 g/mol. The summed E-state index contributed by atoms with van der Waals surface area (Å²) in [7, 11) is 0. The lowest BCUT2D eigenvalue weighted by Gasteiger charge is -2.23. The number of pyridine rings is 1. The fraction of sp³-hybridized carbons (Fsp3) is 0.500. The standard InChI is InChI=1S/C16H18N6O/c17-8-13-3-4-15(19-10-13)21-7-6-20(12-21)11-16(23)22-5-1-2-14(22)9-18/h3-4,10,14H,1-2,5-7,11-12H2/t14-/m0/s1. The second-order valence-corrected chi connectivity index (χ2v) is 5.85. The molecule has 1 aromatic heterocycles. The zero-order valence-corrected chi connectivity index (χ0v) is 12.9. The first kappa shape index (κ1) is 15.3. The van der Waals surface area contributed by atoms with E-state index in [1.54, 1.807) is 17.2 Å². The van der Waals surface area contributed by atoms with Gasteiger partial charge in [-0.1, -0.05) is 0 Å². The first-order valence-electron chi connectivity index (χ1n) is 7.74. The fourth-order valence-corrected chi connectivity index (χ4v) is 3.08. The van der Waals surface area contributed by atoms with E-state index < -0.39 is 0 Å². The number of rotatable bonds is 3. The van der Waals surface area contributed by atoms with E-state index in [1.807, 2.05) is 6.07 Å². The van der Waals surface area contributed by atoms with Gasteiger partial charge in [0.1, 0.15) is 17.9 Å². The second-order valence-electron chi connectivity index (χ2n) is 5.85. The number of nitrogens with zero attached hydrogens (tertiary/aromatic N) is 6. The van der Waals surface area contributed by atoms with E-state index in [4.69, 9.17) is 10.5 Å². The maximum atomic E-state index is 12.4. The summed E-state index contributed by atoms with van der Waals surface area (Å²) in [6.45, 7) is 3.25. The van der Waals surface area contributed by atoms with Crippen LogP contribution in [0.3, 0.4) is 0 Å². The van der Waals surface area contributed by atoms with E-state index in [-0.39, 0.29) is 11.9 Å². The summed E-state index contributed by atoms with van der Waals surface area (Å²) in [5, 5.41) is 17.9. The van der Waals surface area contributed by atoms with Gasteiger partial charge in [-0.05, 0) is 25.0 Å². The van der Waals surface area contributed by atoms with Crippen LogP contribution >= 0.6 is 0 Å². The van der Waals surface area contributed by atoms with Gasteiger partial charge in [0.15, 0.2) is 0 Å². The highest BCUT2D eigenvalue weighted by Gasteiger charge is 2.31. The first-order valence-corrected chi connectivity index (χ1v) is 7.74. The summed E-state index contributed by atoms with van der Waals surface area (Å²) in [5.74, 6) is 0.846. The Bertz CT molecular complexity index is 659. The number of carbonyl (C=O) groups excluding carboxylic acids is 1. The lowest BCUT2D eigenvalue weighted by atomic mass is 10.2. The molecule has 3 rings (SSSR count). The SMILES string of the molecule is N#Cc1ccc(N2CCN(CC(=O)N3CCC[C@H]3C#N)C2)nc1. The normalized spacial score (nSPS) is 21.2.